The summed E-state index contributed by atoms with van der Waals surface area (Å²) >= 11 is 0. The molecule has 1 unspecified atom stereocenters. The fourth-order valence-electron chi connectivity index (χ4n) is 9.73. The topological polar surface area (TPSA) is 205 Å². The van der Waals surface area contributed by atoms with Gasteiger partial charge in [-0.15, -0.1) is 0 Å². The molecule has 1 amide bonds. The van der Waals surface area contributed by atoms with Gasteiger partial charge in [0.2, 0.25) is 5.79 Å². The van der Waals surface area contributed by atoms with Crippen molar-refractivity contribution in [2.75, 3.05) is 41.0 Å². The number of carbonyl (C=O) groups is 5. The van der Waals surface area contributed by atoms with Crippen molar-refractivity contribution in [1.29, 1.82) is 0 Å². The highest BCUT2D eigenvalue weighted by Crippen LogP contribution is 2.38. The lowest BCUT2D eigenvalue weighted by Gasteiger charge is -2.42. The number of hydrogen-bond donors (Lipinski definition) is 3. The van der Waals surface area contributed by atoms with Crippen molar-refractivity contribution in [3.05, 3.63) is 47.6 Å². The molecular weight excluding hydrogens is 887 g/mol. The summed E-state index contributed by atoms with van der Waals surface area (Å²) in [5.41, 5.74) is 0.131. The summed E-state index contributed by atoms with van der Waals surface area (Å²) in [4.78, 5) is 73.4. The van der Waals surface area contributed by atoms with E-state index < -0.39 is 147 Å². The number of allylic oxidation sites excluding steroid dienone is 6. The van der Waals surface area contributed by atoms with Crippen molar-refractivity contribution < 1.29 is 81.4 Å². The molecule has 3 aliphatic heterocycles. The average molecular weight is 982 g/mol. The Labute approximate surface area is 425 Å². The Balaban J connectivity index is 1.88. The number of carbonyl (C=O) groups excluding carboxylic acids is 5. The van der Waals surface area contributed by atoms with E-state index in [0.717, 1.165) is 18.1 Å². The summed E-state index contributed by atoms with van der Waals surface area (Å²) in [6.07, 6.45) is -1.54. The maximum Gasteiger partial charge on any atom is 0.329 e. The van der Waals surface area contributed by atoms with Gasteiger partial charge >= 0.3 is 5.97 Å². The number of fused-ring (bicyclic) bond motifs is 3. The molecule has 1 saturated carbocycles. The summed E-state index contributed by atoms with van der Waals surface area (Å²) in [6.45, 7) is 6.54. The van der Waals surface area contributed by atoms with Gasteiger partial charge in [-0.25, -0.2) is 4.79 Å². The van der Waals surface area contributed by atoms with E-state index in [4.69, 9.17) is 39.4 Å². The molecule has 0 radical (unpaired) electrons. The molecule has 69 heavy (non-hydrogen) atoms. The van der Waals surface area contributed by atoms with Crippen LogP contribution < -0.4 is 0 Å². The van der Waals surface area contributed by atoms with Crippen molar-refractivity contribution in [1.82, 2.24) is 4.90 Å². The van der Waals surface area contributed by atoms with Crippen molar-refractivity contribution >= 4 is 29.2 Å². The van der Waals surface area contributed by atoms with Gasteiger partial charge in [-0.05, 0) is 106 Å². The number of methoxy groups -OCH3 is 3. The largest absolute Gasteiger partial charge is 0.460 e. The standard InChI is InChI=1S/C54H85NO14/c1-32-17-13-12-14-18-33(2)45(64-9)30-41-22-20-37(6)54(63,69-41)51(60)52(61)55-24-16-15-19-42(55)53(62)68-46(35(4)28-40-21-23-44(67-26-25-56)47(29-40)65-10)31-43(57)34(3)27-36(5)48(58)50(66-11)49(59)39(8)38(32)7/h12-14,17-18,27,32,34-35,37-42,44-48,50,56,58,63H,15-16,19-26,28-31H2,1-11H3/b14-12+,17-13+,33-18+,36-27+/t32-,34-,35-,37-,38?,39-,40+,41+,42+,44-,45+,46+,47-,48-,50-,54-/m1/s1/i3D3,9D3,20D2,32D,38D. The van der Waals surface area contributed by atoms with Gasteiger partial charge in [-0.1, -0.05) is 77.9 Å². The zero-order valence-corrected chi connectivity index (χ0v) is 41.9. The van der Waals surface area contributed by atoms with Gasteiger partial charge in [0, 0.05) is 68.0 Å². The zero-order valence-electron chi connectivity index (χ0n) is 51.9. The molecule has 16 atom stereocenters. The molecule has 2 bridgehead atoms. The first-order chi connectivity index (χ1) is 36.5. The second-order valence-electron chi connectivity index (χ2n) is 19.3. The number of aliphatic hydroxyl groups is 3. The smallest absolute Gasteiger partial charge is 0.329 e. The molecule has 2 saturated heterocycles. The summed E-state index contributed by atoms with van der Waals surface area (Å²) in [6, 6.07) is -1.48. The third kappa shape index (κ3) is 15.3. The van der Waals surface area contributed by atoms with E-state index in [2.05, 4.69) is 0 Å². The van der Waals surface area contributed by atoms with E-state index >= 15 is 0 Å². The van der Waals surface area contributed by atoms with Crippen LogP contribution >= 0.6 is 0 Å². The minimum atomic E-state index is -3.14. The number of esters is 1. The van der Waals surface area contributed by atoms with Crippen LogP contribution in [0.2, 0.25) is 0 Å². The number of hydrogen-bond acceptors (Lipinski definition) is 14. The Morgan fingerprint density at radius 1 is 0.957 bits per heavy atom. The van der Waals surface area contributed by atoms with Gasteiger partial charge in [0.1, 0.15) is 30.1 Å². The Hall–Kier alpha value is -3.41. The van der Waals surface area contributed by atoms with Gasteiger partial charge in [0.25, 0.3) is 11.7 Å². The lowest BCUT2D eigenvalue weighted by atomic mass is 9.78. The highest BCUT2D eigenvalue weighted by Gasteiger charge is 2.53. The summed E-state index contributed by atoms with van der Waals surface area (Å²) in [5.74, 6) is -18.3. The van der Waals surface area contributed by atoms with Crippen molar-refractivity contribution in [2.24, 2.45) is 41.4 Å². The second kappa shape index (κ2) is 27.4. The maximum absolute atomic E-state index is 14.7. The van der Waals surface area contributed by atoms with E-state index in [-0.39, 0.29) is 55.5 Å². The molecule has 3 heterocycles. The molecule has 0 aromatic heterocycles. The lowest BCUT2D eigenvalue weighted by Crippen LogP contribution is -2.61. The first kappa shape index (κ1) is 44.3. The third-order valence-corrected chi connectivity index (χ3v) is 14.5. The predicted molar refractivity (Wildman–Crippen MR) is 261 cm³/mol. The maximum atomic E-state index is 14.7. The quantitative estimate of drug-likeness (QED) is 0.129. The van der Waals surface area contributed by atoms with Crippen molar-refractivity contribution in [3.8, 4) is 0 Å². The average Bonchev–Trinajstić information content (AvgIpc) is 3.40. The van der Waals surface area contributed by atoms with Crippen LogP contribution in [0.1, 0.15) is 140 Å². The Kier molecular flexibility index (Phi) is 17.6. The number of piperidine rings is 1. The number of ketones is 3. The summed E-state index contributed by atoms with van der Waals surface area (Å²) in [7, 11) is -0.334. The van der Waals surface area contributed by atoms with E-state index in [9.17, 15) is 42.0 Å². The number of nitrogens with zero attached hydrogens (tertiary/aromatic N) is 1. The van der Waals surface area contributed by atoms with Crippen LogP contribution in [-0.4, -0.2) is 145 Å². The first-order valence-electron chi connectivity index (χ1n) is 29.3. The van der Waals surface area contributed by atoms with Gasteiger partial charge in [-0.2, -0.15) is 0 Å². The molecule has 4 aliphatic rings. The molecule has 1 aliphatic carbocycles. The summed E-state index contributed by atoms with van der Waals surface area (Å²) in [5, 5.41) is 33.3. The van der Waals surface area contributed by atoms with E-state index in [1.165, 1.54) is 79.0 Å². The number of amides is 1. The van der Waals surface area contributed by atoms with Gasteiger partial charge < -0.3 is 48.6 Å². The molecule has 0 aromatic carbocycles. The van der Waals surface area contributed by atoms with E-state index in [1.54, 1.807) is 6.92 Å². The Morgan fingerprint density at radius 3 is 2.39 bits per heavy atom. The van der Waals surface area contributed by atoms with Crippen LogP contribution in [0.5, 0.6) is 0 Å². The van der Waals surface area contributed by atoms with Crippen LogP contribution in [0.15, 0.2) is 47.6 Å². The molecule has 0 spiro atoms. The number of ether oxygens (including phenoxy) is 6. The van der Waals surface area contributed by atoms with E-state index in [1.807, 2.05) is 0 Å². The SMILES string of the molecule is [2H]C([2H])([2H])O[C@H]1C[C@@H]2CC([2H])([2H])[C@@H](C)[C@@](O)(O2)C(=O)C(=O)N2CCCC[C@H]2C(=O)O[C@H]([C@H](C)C[C@@H]2CC[C@@H](OCCO)[C@H](OC)C2)CC(=O)[C@H](C([2H])([2H])[2H])/C=C(\C)[C@@H](O)[C@@H](OC)C(=O)[C@H](C)C([2H])(C)[C@]([2H])(C)/C=C/C=C/C=C/1C. The highest BCUT2D eigenvalue weighted by molar-refractivity contribution is 6.39. The van der Waals surface area contributed by atoms with Gasteiger partial charge in [0.15, 0.2) is 5.78 Å². The number of rotatable bonds is 9. The Bertz CT molecular complexity index is 2250. The fraction of sp³-hybridized carbons (Fsp3) is 0.759. The number of Topliss-reactive ketones (excluding diaryl/α,β-unsaturated/α-hetero) is 3. The van der Waals surface area contributed by atoms with Crippen LogP contribution in [-0.2, 0) is 52.4 Å². The van der Waals surface area contributed by atoms with Crippen molar-refractivity contribution in [3.63, 3.8) is 0 Å². The molecule has 390 valence electrons. The molecule has 15 nitrogen and oxygen atoms in total. The Morgan fingerprint density at radius 2 is 1.71 bits per heavy atom. The van der Waals surface area contributed by atoms with E-state index in [0.29, 0.717) is 38.5 Å². The van der Waals surface area contributed by atoms with Crippen LogP contribution in [0.4, 0.5) is 0 Å². The molecule has 4 rings (SSSR count). The number of cyclic esters (lactones) is 1. The normalized spacial score (nSPS) is 45.2. The second-order valence-corrected chi connectivity index (χ2v) is 19.3. The molecule has 0 aromatic rings. The predicted octanol–water partition coefficient (Wildman–Crippen LogP) is 6.44. The van der Waals surface area contributed by atoms with Crippen LogP contribution in [0, 0.1) is 41.4 Å². The lowest BCUT2D eigenvalue weighted by molar-refractivity contribution is -0.265. The van der Waals surface area contributed by atoms with Crippen LogP contribution in [0.3, 0.4) is 0 Å². The third-order valence-electron chi connectivity index (χ3n) is 14.5. The van der Waals surface area contributed by atoms with Gasteiger partial charge in [-0.3, -0.25) is 19.2 Å². The monoisotopic (exact) mass is 982 g/mol. The first-order valence-corrected chi connectivity index (χ1v) is 24.3. The number of aliphatic hydroxyl groups excluding tert-OH is 2. The molecule has 3 fully saturated rings. The fourth-order valence-corrected chi connectivity index (χ4v) is 9.73. The summed E-state index contributed by atoms with van der Waals surface area (Å²) < 4.78 is 120. The zero-order chi connectivity index (χ0) is 59.8. The minimum absolute atomic E-state index is 0.0430. The molecule has 3 N–H and O–H groups in total. The molecule has 15 heteroatoms. The van der Waals surface area contributed by atoms with Crippen molar-refractivity contribution in [2.45, 2.75) is 180 Å². The molecular formula is C54H85NO14. The van der Waals surface area contributed by atoms with Gasteiger partial charge in [0.05, 0.1) is 41.7 Å². The highest BCUT2D eigenvalue weighted by atomic mass is 16.6. The van der Waals surface area contributed by atoms with Crippen LogP contribution in [0.25, 0.3) is 0 Å². The minimum Gasteiger partial charge on any atom is -0.460 e.